The summed E-state index contributed by atoms with van der Waals surface area (Å²) in [6.07, 6.45) is 2.06. The van der Waals surface area contributed by atoms with Crippen LogP contribution in [0.1, 0.15) is 18.2 Å². The lowest BCUT2D eigenvalue weighted by Crippen LogP contribution is -1.93. The second kappa shape index (κ2) is 2.21. The molecular weight excluding hydrogens is 112 g/mol. The first-order valence-corrected chi connectivity index (χ1v) is 3.24. The summed E-state index contributed by atoms with van der Waals surface area (Å²) in [6.45, 7) is 7.16. The Kier molecular flexibility index (Phi) is 1.56. The molecule has 1 aromatic heterocycles. The lowest BCUT2D eigenvalue weighted by atomic mass is 10.3. The average Bonchev–Trinajstić information content (AvgIpc) is 2.13. The quantitative estimate of drug-likeness (QED) is 0.555. The number of nitrogens with zero attached hydrogens (tertiary/aromatic N) is 2. The SMILES string of the molecule is CCn1cc(C)c(C)n1. The predicted molar refractivity (Wildman–Crippen MR) is 37.4 cm³/mol. The molecule has 0 bridgehead atoms. The van der Waals surface area contributed by atoms with Gasteiger partial charge in [0.05, 0.1) is 5.69 Å². The number of rotatable bonds is 1. The minimum atomic E-state index is 0.967. The van der Waals surface area contributed by atoms with Gasteiger partial charge < -0.3 is 0 Å². The van der Waals surface area contributed by atoms with Crippen LogP contribution in [0.4, 0.5) is 0 Å². The fourth-order valence-corrected chi connectivity index (χ4v) is 0.779. The number of hydrogen-bond acceptors (Lipinski definition) is 1. The molecule has 0 saturated heterocycles. The molecule has 0 amide bonds. The second-order valence-corrected chi connectivity index (χ2v) is 2.25. The largest absolute Gasteiger partial charge is 0.273 e. The van der Waals surface area contributed by atoms with Crippen molar-refractivity contribution >= 4 is 0 Å². The van der Waals surface area contributed by atoms with Gasteiger partial charge >= 0.3 is 0 Å². The van der Waals surface area contributed by atoms with E-state index >= 15 is 0 Å². The van der Waals surface area contributed by atoms with Crippen LogP contribution in [0.2, 0.25) is 0 Å². The lowest BCUT2D eigenvalue weighted by Gasteiger charge is -1.89. The summed E-state index contributed by atoms with van der Waals surface area (Å²) in [7, 11) is 0. The predicted octanol–water partition coefficient (Wildman–Crippen LogP) is 1.52. The summed E-state index contributed by atoms with van der Waals surface area (Å²) in [5.74, 6) is 0. The topological polar surface area (TPSA) is 17.8 Å². The van der Waals surface area contributed by atoms with Crippen molar-refractivity contribution in [3.63, 3.8) is 0 Å². The van der Waals surface area contributed by atoms with Gasteiger partial charge in [-0.3, -0.25) is 4.68 Å². The highest BCUT2D eigenvalue weighted by atomic mass is 15.3. The van der Waals surface area contributed by atoms with E-state index < -0.39 is 0 Å². The van der Waals surface area contributed by atoms with Gasteiger partial charge in [-0.15, -0.1) is 0 Å². The molecule has 0 unspecified atom stereocenters. The van der Waals surface area contributed by atoms with Crippen LogP contribution in [0, 0.1) is 13.8 Å². The maximum atomic E-state index is 4.25. The zero-order valence-electron chi connectivity index (χ0n) is 6.18. The Morgan fingerprint density at radius 3 is 2.44 bits per heavy atom. The van der Waals surface area contributed by atoms with Crippen molar-refractivity contribution in [2.45, 2.75) is 27.3 Å². The maximum absolute atomic E-state index is 4.25. The van der Waals surface area contributed by atoms with E-state index in [0.29, 0.717) is 0 Å². The smallest absolute Gasteiger partial charge is 0.0622 e. The van der Waals surface area contributed by atoms with Crippen LogP contribution in [0.15, 0.2) is 6.20 Å². The lowest BCUT2D eigenvalue weighted by molar-refractivity contribution is 0.653. The first-order chi connectivity index (χ1) is 4.24. The molecule has 0 fully saturated rings. The molecule has 0 aliphatic heterocycles. The van der Waals surface area contributed by atoms with Crippen molar-refractivity contribution in [2.75, 3.05) is 0 Å². The summed E-state index contributed by atoms with van der Waals surface area (Å²) in [6, 6.07) is 0. The third-order valence-electron chi connectivity index (χ3n) is 1.52. The van der Waals surface area contributed by atoms with Crippen LogP contribution < -0.4 is 0 Å². The van der Waals surface area contributed by atoms with Crippen LogP contribution in [0.3, 0.4) is 0 Å². The van der Waals surface area contributed by atoms with Gasteiger partial charge in [-0.25, -0.2) is 0 Å². The van der Waals surface area contributed by atoms with Crippen LogP contribution in [0.5, 0.6) is 0 Å². The monoisotopic (exact) mass is 124 g/mol. The van der Waals surface area contributed by atoms with E-state index in [1.807, 2.05) is 11.6 Å². The molecule has 0 saturated carbocycles. The van der Waals surface area contributed by atoms with E-state index in [-0.39, 0.29) is 0 Å². The van der Waals surface area contributed by atoms with Crippen LogP contribution in [0.25, 0.3) is 0 Å². The Morgan fingerprint density at radius 1 is 1.56 bits per heavy atom. The third-order valence-corrected chi connectivity index (χ3v) is 1.52. The Hall–Kier alpha value is -0.790. The zero-order valence-corrected chi connectivity index (χ0v) is 6.18. The molecule has 0 spiro atoms. The van der Waals surface area contributed by atoms with Crippen molar-refractivity contribution in [1.82, 2.24) is 9.78 Å². The summed E-state index contributed by atoms with van der Waals surface area (Å²) >= 11 is 0. The molecule has 2 heteroatoms. The standard InChI is InChI=1S/C7H12N2/c1-4-9-5-6(2)7(3)8-9/h5H,4H2,1-3H3. The van der Waals surface area contributed by atoms with E-state index in [2.05, 4.69) is 25.1 Å². The molecule has 1 aromatic rings. The van der Waals surface area contributed by atoms with Crippen LogP contribution in [-0.4, -0.2) is 9.78 Å². The second-order valence-electron chi connectivity index (χ2n) is 2.25. The number of aromatic nitrogens is 2. The Balaban J connectivity index is 2.98. The van der Waals surface area contributed by atoms with Gasteiger partial charge in [-0.2, -0.15) is 5.10 Å². The van der Waals surface area contributed by atoms with Gasteiger partial charge in [0.1, 0.15) is 0 Å². The first kappa shape index (κ1) is 6.33. The minimum Gasteiger partial charge on any atom is -0.273 e. The number of aryl methyl sites for hydroxylation is 3. The van der Waals surface area contributed by atoms with Crippen molar-refractivity contribution < 1.29 is 0 Å². The van der Waals surface area contributed by atoms with Crippen LogP contribution in [-0.2, 0) is 6.54 Å². The van der Waals surface area contributed by atoms with E-state index in [9.17, 15) is 0 Å². The van der Waals surface area contributed by atoms with Gasteiger partial charge in [-0.1, -0.05) is 0 Å². The summed E-state index contributed by atoms with van der Waals surface area (Å²) in [5.41, 5.74) is 2.41. The van der Waals surface area contributed by atoms with E-state index in [4.69, 9.17) is 0 Å². The molecule has 1 rings (SSSR count). The minimum absolute atomic E-state index is 0.967. The van der Waals surface area contributed by atoms with E-state index in [0.717, 1.165) is 12.2 Å². The molecule has 2 nitrogen and oxygen atoms in total. The number of hydrogen-bond donors (Lipinski definition) is 0. The maximum Gasteiger partial charge on any atom is 0.0622 e. The first-order valence-electron chi connectivity index (χ1n) is 3.24. The summed E-state index contributed by atoms with van der Waals surface area (Å²) in [4.78, 5) is 0. The van der Waals surface area contributed by atoms with Gasteiger partial charge in [0.25, 0.3) is 0 Å². The molecule has 50 valence electrons. The van der Waals surface area contributed by atoms with Crippen molar-refractivity contribution in [3.8, 4) is 0 Å². The fraction of sp³-hybridized carbons (Fsp3) is 0.571. The molecule has 0 aliphatic rings. The highest BCUT2D eigenvalue weighted by Gasteiger charge is 1.95. The van der Waals surface area contributed by atoms with Crippen molar-refractivity contribution in [3.05, 3.63) is 17.5 Å². The van der Waals surface area contributed by atoms with E-state index in [1.165, 1.54) is 5.56 Å². The van der Waals surface area contributed by atoms with E-state index in [1.54, 1.807) is 0 Å². The molecule has 0 radical (unpaired) electrons. The zero-order chi connectivity index (χ0) is 6.85. The van der Waals surface area contributed by atoms with Gasteiger partial charge in [0.2, 0.25) is 0 Å². The normalized spacial score (nSPS) is 10.1. The molecule has 1 heterocycles. The third kappa shape index (κ3) is 1.12. The van der Waals surface area contributed by atoms with Gasteiger partial charge in [0.15, 0.2) is 0 Å². The van der Waals surface area contributed by atoms with Gasteiger partial charge in [0, 0.05) is 12.7 Å². The van der Waals surface area contributed by atoms with Crippen molar-refractivity contribution in [2.24, 2.45) is 0 Å². The Morgan fingerprint density at radius 2 is 2.22 bits per heavy atom. The highest BCUT2D eigenvalue weighted by molar-refractivity contribution is 5.12. The average molecular weight is 124 g/mol. The molecule has 9 heavy (non-hydrogen) atoms. The van der Waals surface area contributed by atoms with Gasteiger partial charge in [-0.05, 0) is 26.3 Å². The summed E-state index contributed by atoms with van der Waals surface area (Å²) < 4.78 is 1.95. The fourth-order valence-electron chi connectivity index (χ4n) is 0.779. The highest BCUT2D eigenvalue weighted by Crippen LogP contribution is 2.01. The van der Waals surface area contributed by atoms with Crippen LogP contribution >= 0.6 is 0 Å². The Labute approximate surface area is 55.5 Å². The molecule has 0 atom stereocenters. The van der Waals surface area contributed by atoms with Crippen molar-refractivity contribution in [1.29, 1.82) is 0 Å². The molecular formula is C7H12N2. The molecule has 0 N–H and O–H groups in total. The Bertz CT molecular complexity index is 181. The molecule has 0 aliphatic carbocycles. The summed E-state index contributed by atoms with van der Waals surface area (Å²) in [5, 5.41) is 4.25. The molecule has 0 aromatic carbocycles.